The summed E-state index contributed by atoms with van der Waals surface area (Å²) in [6, 6.07) is 9.64. The van der Waals surface area contributed by atoms with Gasteiger partial charge in [-0.1, -0.05) is 53.2 Å². The van der Waals surface area contributed by atoms with Crippen molar-refractivity contribution in [3.05, 3.63) is 74.2 Å². The molecule has 8 heteroatoms. The molecule has 0 saturated carbocycles. The number of nitrogens with one attached hydrogen (secondary N) is 1. The lowest BCUT2D eigenvalue weighted by molar-refractivity contribution is -0.137. The average molecular weight is 418 g/mol. The fourth-order valence-corrected chi connectivity index (χ4v) is 4.18. The number of rotatable bonds is 3. The Kier molecular flexibility index (Phi) is 5.28. The van der Waals surface area contributed by atoms with Crippen molar-refractivity contribution >= 4 is 46.3 Å². The van der Waals surface area contributed by atoms with Gasteiger partial charge in [0.2, 0.25) is 0 Å². The zero-order valence-electron chi connectivity index (χ0n) is 13.3. The molecule has 26 heavy (non-hydrogen) atoms. The number of carbonyl (C=O) groups is 1. The van der Waals surface area contributed by atoms with Gasteiger partial charge < -0.3 is 5.32 Å². The summed E-state index contributed by atoms with van der Waals surface area (Å²) in [4.78, 5) is 13.0. The molecule has 0 spiro atoms. The summed E-state index contributed by atoms with van der Waals surface area (Å²) in [5.74, 6) is -0.280. The zero-order valence-corrected chi connectivity index (χ0v) is 15.7. The Morgan fingerprint density at radius 1 is 1.08 bits per heavy atom. The molecule has 0 aromatic heterocycles. The molecule has 1 aliphatic heterocycles. The van der Waals surface area contributed by atoms with E-state index in [1.807, 2.05) is 0 Å². The number of hydrogen-bond acceptors (Lipinski definition) is 3. The van der Waals surface area contributed by atoms with Gasteiger partial charge in [0, 0.05) is 7.05 Å². The van der Waals surface area contributed by atoms with E-state index in [2.05, 4.69) is 5.32 Å². The van der Waals surface area contributed by atoms with Crippen LogP contribution in [0.4, 0.5) is 13.2 Å². The van der Waals surface area contributed by atoms with Crippen LogP contribution >= 0.6 is 35.0 Å². The number of ketones is 1. The van der Waals surface area contributed by atoms with E-state index in [9.17, 15) is 18.0 Å². The predicted molar refractivity (Wildman–Crippen MR) is 99.2 cm³/mol. The largest absolute Gasteiger partial charge is 0.416 e. The van der Waals surface area contributed by atoms with Gasteiger partial charge in [-0.2, -0.15) is 13.2 Å². The molecule has 2 aromatic rings. The van der Waals surface area contributed by atoms with Crippen LogP contribution in [-0.2, 0) is 11.0 Å². The van der Waals surface area contributed by atoms with E-state index in [-0.39, 0.29) is 16.9 Å². The first kappa shape index (κ1) is 19.1. The Bertz CT molecular complexity index is 912. The van der Waals surface area contributed by atoms with Crippen molar-refractivity contribution in [3.63, 3.8) is 0 Å². The van der Waals surface area contributed by atoms with Crippen molar-refractivity contribution in [3.8, 4) is 0 Å². The van der Waals surface area contributed by atoms with Crippen molar-refractivity contribution < 1.29 is 18.0 Å². The van der Waals surface area contributed by atoms with Crippen LogP contribution in [0.15, 0.2) is 47.5 Å². The second-order valence-electron chi connectivity index (χ2n) is 5.57. The van der Waals surface area contributed by atoms with E-state index < -0.39 is 17.0 Å². The van der Waals surface area contributed by atoms with Gasteiger partial charge in [-0.05, 0) is 35.4 Å². The van der Waals surface area contributed by atoms with Crippen LogP contribution in [0.2, 0.25) is 10.0 Å². The minimum atomic E-state index is -4.48. The zero-order chi connectivity index (χ0) is 19.1. The minimum Gasteiger partial charge on any atom is -0.382 e. The molecule has 1 atom stereocenters. The fourth-order valence-electron chi connectivity index (χ4n) is 2.68. The van der Waals surface area contributed by atoms with Crippen molar-refractivity contribution in [2.45, 2.75) is 11.4 Å². The first-order valence-electron chi connectivity index (χ1n) is 7.48. The smallest absolute Gasteiger partial charge is 0.382 e. The highest BCUT2D eigenvalue weighted by Crippen LogP contribution is 2.48. The fraction of sp³-hybridized carbons (Fsp3) is 0.167. The van der Waals surface area contributed by atoms with Gasteiger partial charge in [0.05, 0.1) is 31.5 Å². The molecule has 0 aliphatic carbocycles. The van der Waals surface area contributed by atoms with E-state index in [0.29, 0.717) is 20.6 Å². The topological polar surface area (TPSA) is 29.1 Å². The SMILES string of the molecule is CNC1=C(c2cccc(C(F)(F)F)c2)C(=O)C(c2ccc(Cl)c(Cl)c2)S1. The number of carbonyl (C=O) groups excluding carboxylic acids is 1. The standard InChI is InChI=1S/C18H12Cl2F3NOS/c1-24-17-14(9-3-2-4-11(7-9)18(21,22)23)15(25)16(26-17)10-5-6-12(19)13(20)8-10/h2-8,16,24H,1H3. The Balaban J connectivity index is 2.02. The van der Waals surface area contributed by atoms with E-state index in [1.165, 1.54) is 23.9 Å². The molecular formula is C18H12Cl2F3NOS. The maximum absolute atomic E-state index is 13.0. The number of Topliss-reactive ketones (excluding diaryl/α,β-unsaturated/α-hetero) is 1. The molecule has 1 N–H and O–H groups in total. The summed E-state index contributed by atoms with van der Waals surface area (Å²) in [6.45, 7) is 0. The van der Waals surface area contributed by atoms with E-state index >= 15 is 0 Å². The van der Waals surface area contributed by atoms with Crippen LogP contribution < -0.4 is 5.32 Å². The third-order valence-electron chi connectivity index (χ3n) is 3.90. The summed E-state index contributed by atoms with van der Waals surface area (Å²) in [7, 11) is 1.63. The summed E-state index contributed by atoms with van der Waals surface area (Å²) < 4.78 is 39.0. The van der Waals surface area contributed by atoms with Crippen molar-refractivity contribution in [1.82, 2.24) is 5.32 Å². The van der Waals surface area contributed by atoms with Gasteiger partial charge in [-0.15, -0.1) is 0 Å². The molecule has 0 amide bonds. The van der Waals surface area contributed by atoms with Crippen LogP contribution in [0, 0.1) is 0 Å². The van der Waals surface area contributed by atoms with Crippen LogP contribution in [0.1, 0.15) is 21.9 Å². The molecule has 0 saturated heterocycles. The van der Waals surface area contributed by atoms with Crippen molar-refractivity contribution in [2.75, 3.05) is 7.05 Å². The maximum atomic E-state index is 13.0. The third-order valence-corrected chi connectivity index (χ3v) is 6.00. The van der Waals surface area contributed by atoms with Crippen LogP contribution in [0.25, 0.3) is 5.57 Å². The monoisotopic (exact) mass is 417 g/mol. The summed E-state index contributed by atoms with van der Waals surface area (Å²) >= 11 is 13.2. The van der Waals surface area contributed by atoms with Gasteiger partial charge in [0.25, 0.3) is 0 Å². The van der Waals surface area contributed by atoms with Gasteiger partial charge in [-0.3, -0.25) is 4.79 Å². The molecule has 0 fully saturated rings. The van der Waals surface area contributed by atoms with Gasteiger partial charge in [-0.25, -0.2) is 0 Å². The number of thioether (sulfide) groups is 1. The molecule has 2 aromatic carbocycles. The second kappa shape index (κ2) is 7.18. The highest BCUT2D eigenvalue weighted by molar-refractivity contribution is 8.04. The molecule has 0 radical (unpaired) electrons. The van der Waals surface area contributed by atoms with Gasteiger partial charge >= 0.3 is 6.18 Å². The first-order chi connectivity index (χ1) is 12.2. The van der Waals surface area contributed by atoms with Gasteiger partial charge in [0.1, 0.15) is 0 Å². The minimum absolute atomic E-state index is 0.226. The summed E-state index contributed by atoms with van der Waals surface area (Å²) in [5, 5.41) is 3.51. The maximum Gasteiger partial charge on any atom is 0.416 e. The Morgan fingerprint density at radius 2 is 1.81 bits per heavy atom. The van der Waals surface area contributed by atoms with Gasteiger partial charge in [0.15, 0.2) is 5.78 Å². The highest BCUT2D eigenvalue weighted by atomic mass is 35.5. The number of allylic oxidation sites excluding steroid dienone is 1. The van der Waals surface area contributed by atoms with Crippen LogP contribution in [-0.4, -0.2) is 12.8 Å². The Morgan fingerprint density at radius 3 is 2.42 bits per heavy atom. The number of benzene rings is 2. The number of hydrogen-bond donors (Lipinski definition) is 1. The Labute approximate surface area is 162 Å². The highest BCUT2D eigenvalue weighted by Gasteiger charge is 2.37. The summed E-state index contributed by atoms with van der Waals surface area (Å²) in [6.07, 6.45) is -4.48. The molecule has 1 aliphatic rings. The second-order valence-corrected chi connectivity index (χ2v) is 7.50. The van der Waals surface area contributed by atoms with Crippen molar-refractivity contribution in [1.29, 1.82) is 0 Å². The quantitative estimate of drug-likeness (QED) is 0.667. The van der Waals surface area contributed by atoms with Crippen molar-refractivity contribution in [2.24, 2.45) is 0 Å². The van der Waals surface area contributed by atoms with E-state index in [0.717, 1.165) is 12.1 Å². The Hall–Kier alpha value is -1.63. The van der Waals surface area contributed by atoms with E-state index in [1.54, 1.807) is 25.2 Å². The first-order valence-corrected chi connectivity index (χ1v) is 9.11. The average Bonchev–Trinajstić information content (AvgIpc) is 2.93. The van der Waals surface area contributed by atoms with Crippen LogP contribution in [0.3, 0.4) is 0 Å². The lowest BCUT2D eigenvalue weighted by Gasteiger charge is -2.11. The molecule has 2 nitrogen and oxygen atoms in total. The van der Waals surface area contributed by atoms with Crippen LogP contribution in [0.5, 0.6) is 0 Å². The van der Waals surface area contributed by atoms with E-state index in [4.69, 9.17) is 23.2 Å². The number of halogens is 5. The predicted octanol–water partition coefficient (Wildman–Crippen LogP) is 5.96. The normalized spacial score (nSPS) is 17.8. The lowest BCUT2D eigenvalue weighted by Crippen LogP contribution is -2.10. The molecule has 3 rings (SSSR count). The molecule has 1 heterocycles. The number of alkyl halides is 3. The molecule has 0 bridgehead atoms. The third kappa shape index (κ3) is 3.59. The lowest BCUT2D eigenvalue weighted by atomic mass is 9.96. The molecule has 1 unspecified atom stereocenters. The summed E-state index contributed by atoms with van der Waals surface area (Å²) in [5.41, 5.74) is 0.307. The molecular weight excluding hydrogens is 406 g/mol. The molecule has 136 valence electrons.